The fraction of sp³-hybridized carbons (Fsp3) is 0.342. The Kier molecular flexibility index (Phi) is 7.24. The molecule has 222 valence electrons. The summed E-state index contributed by atoms with van der Waals surface area (Å²) in [5, 5.41) is 7.03. The van der Waals surface area contributed by atoms with Crippen molar-refractivity contribution in [1.29, 1.82) is 0 Å². The van der Waals surface area contributed by atoms with Gasteiger partial charge in [0, 0.05) is 58.9 Å². The smallest absolute Gasteiger partial charge is 0.260 e. The molecule has 4 aromatic rings. The topological polar surface area (TPSA) is 53.6 Å². The minimum absolute atomic E-state index is 0.0197. The van der Waals surface area contributed by atoms with E-state index in [2.05, 4.69) is 126 Å². The molecule has 2 heterocycles. The van der Waals surface area contributed by atoms with Crippen LogP contribution < -0.4 is 20.3 Å². The Morgan fingerprint density at radius 3 is 1.72 bits per heavy atom. The van der Waals surface area contributed by atoms with Crippen molar-refractivity contribution in [3.8, 4) is 11.5 Å². The number of nitrogens with zero attached hydrogens (tertiary/aromatic N) is 1. The second-order valence-corrected chi connectivity index (χ2v) is 12.5. The van der Waals surface area contributed by atoms with Crippen LogP contribution in [0.1, 0.15) is 103 Å². The maximum atomic E-state index is 15.0. The summed E-state index contributed by atoms with van der Waals surface area (Å²) >= 11 is 0. The van der Waals surface area contributed by atoms with E-state index in [1.807, 2.05) is 12.1 Å². The third-order valence-electron chi connectivity index (χ3n) is 9.04. The molecule has 2 N–H and O–H groups in total. The molecule has 0 atom stereocenters. The quantitative estimate of drug-likeness (QED) is 0.231. The van der Waals surface area contributed by atoms with Crippen molar-refractivity contribution in [3.05, 3.63) is 111 Å². The van der Waals surface area contributed by atoms with Gasteiger partial charge in [0.15, 0.2) is 0 Å². The first-order chi connectivity index (χ1) is 20.6. The number of amides is 1. The lowest BCUT2D eigenvalue weighted by atomic mass is 9.73. The van der Waals surface area contributed by atoms with Crippen LogP contribution in [0.5, 0.6) is 11.5 Å². The van der Waals surface area contributed by atoms with Crippen LogP contribution >= 0.6 is 0 Å². The van der Waals surface area contributed by atoms with Crippen molar-refractivity contribution >= 4 is 23.0 Å². The van der Waals surface area contributed by atoms with Gasteiger partial charge in [-0.05, 0) is 80.0 Å². The van der Waals surface area contributed by atoms with Crippen LogP contribution in [0, 0.1) is 13.8 Å². The predicted molar refractivity (Wildman–Crippen MR) is 179 cm³/mol. The standard InChI is InChI=1S/C38H43N3O2/c1-9-39-32-20-34-30(18-24(32)7)38(31-19-25(8)33(40-10-2)21-35(31)43-34)29-17-12-11-14-28(29)37(42)41(38)36-26(22(3)4)15-13-16-27(36)23(5)6/h11-23,39-40H,9-10H2,1-8H3. The normalized spacial score (nSPS) is 14.6. The number of ether oxygens (including phenoxy) is 1. The summed E-state index contributed by atoms with van der Waals surface area (Å²) in [6.45, 7) is 19.0. The van der Waals surface area contributed by atoms with Crippen LogP contribution in [0.2, 0.25) is 0 Å². The zero-order valence-electron chi connectivity index (χ0n) is 26.7. The molecule has 0 aliphatic carbocycles. The number of fused-ring (bicyclic) bond motifs is 6. The lowest BCUT2D eigenvalue weighted by Gasteiger charge is -2.46. The summed E-state index contributed by atoms with van der Waals surface area (Å²) in [6, 6.07) is 23.4. The second-order valence-electron chi connectivity index (χ2n) is 12.5. The van der Waals surface area contributed by atoms with Crippen LogP contribution in [-0.2, 0) is 5.54 Å². The van der Waals surface area contributed by atoms with Gasteiger partial charge in [-0.2, -0.15) is 0 Å². The highest BCUT2D eigenvalue weighted by atomic mass is 16.5. The summed E-state index contributed by atoms with van der Waals surface area (Å²) in [5.74, 6) is 1.99. The van der Waals surface area contributed by atoms with Gasteiger partial charge in [-0.15, -0.1) is 0 Å². The molecule has 0 fully saturated rings. The Morgan fingerprint density at radius 2 is 1.23 bits per heavy atom. The molecule has 2 aliphatic rings. The van der Waals surface area contributed by atoms with E-state index < -0.39 is 5.54 Å². The average Bonchev–Trinajstić information content (AvgIpc) is 3.23. The Balaban J connectivity index is 1.81. The van der Waals surface area contributed by atoms with Gasteiger partial charge in [0.25, 0.3) is 5.91 Å². The third-order valence-corrected chi connectivity index (χ3v) is 9.04. The van der Waals surface area contributed by atoms with Crippen LogP contribution in [0.3, 0.4) is 0 Å². The molecule has 2 aliphatic heterocycles. The van der Waals surface area contributed by atoms with Crippen molar-refractivity contribution in [2.45, 2.75) is 72.8 Å². The highest BCUT2D eigenvalue weighted by Crippen LogP contribution is 2.61. The van der Waals surface area contributed by atoms with Gasteiger partial charge in [-0.3, -0.25) is 9.69 Å². The first-order valence-corrected chi connectivity index (χ1v) is 15.7. The maximum Gasteiger partial charge on any atom is 0.260 e. The van der Waals surface area contributed by atoms with Gasteiger partial charge < -0.3 is 15.4 Å². The Labute approximate surface area is 256 Å². The summed E-state index contributed by atoms with van der Waals surface area (Å²) < 4.78 is 6.82. The summed E-state index contributed by atoms with van der Waals surface area (Å²) in [4.78, 5) is 17.1. The van der Waals surface area contributed by atoms with Crippen LogP contribution in [0.4, 0.5) is 17.1 Å². The van der Waals surface area contributed by atoms with Crippen molar-refractivity contribution in [2.75, 3.05) is 28.6 Å². The highest BCUT2D eigenvalue weighted by molar-refractivity contribution is 6.15. The van der Waals surface area contributed by atoms with E-state index in [0.29, 0.717) is 0 Å². The number of anilines is 3. The lowest BCUT2D eigenvalue weighted by Crippen LogP contribution is -2.48. The highest BCUT2D eigenvalue weighted by Gasteiger charge is 2.58. The van der Waals surface area contributed by atoms with E-state index >= 15 is 4.79 Å². The Bertz CT molecular complexity index is 1650. The molecule has 0 unspecified atom stereocenters. The number of hydrogen-bond donors (Lipinski definition) is 2. The van der Waals surface area contributed by atoms with Gasteiger partial charge in [0.1, 0.15) is 17.0 Å². The Morgan fingerprint density at radius 1 is 0.721 bits per heavy atom. The zero-order valence-corrected chi connectivity index (χ0v) is 26.7. The number of rotatable bonds is 7. The predicted octanol–water partition coefficient (Wildman–Crippen LogP) is 9.47. The molecule has 5 nitrogen and oxygen atoms in total. The van der Waals surface area contributed by atoms with Gasteiger partial charge >= 0.3 is 0 Å². The number of carbonyl (C=O) groups excluding carboxylic acids is 1. The number of para-hydroxylation sites is 1. The fourth-order valence-electron chi connectivity index (χ4n) is 7.08. The molecule has 43 heavy (non-hydrogen) atoms. The molecule has 0 bridgehead atoms. The molecule has 0 saturated carbocycles. The van der Waals surface area contributed by atoms with E-state index in [0.717, 1.165) is 75.0 Å². The number of carbonyl (C=O) groups is 1. The van der Waals surface area contributed by atoms with Crippen LogP contribution in [0.25, 0.3) is 0 Å². The van der Waals surface area contributed by atoms with Crippen molar-refractivity contribution in [1.82, 2.24) is 0 Å². The minimum Gasteiger partial charge on any atom is -0.456 e. The van der Waals surface area contributed by atoms with Crippen LogP contribution in [0.15, 0.2) is 66.7 Å². The van der Waals surface area contributed by atoms with Crippen molar-refractivity contribution < 1.29 is 9.53 Å². The molecule has 0 radical (unpaired) electrons. The van der Waals surface area contributed by atoms with E-state index in [4.69, 9.17) is 4.74 Å². The van der Waals surface area contributed by atoms with E-state index in [9.17, 15) is 0 Å². The first-order valence-electron chi connectivity index (χ1n) is 15.7. The number of aryl methyl sites for hydroxylation is 2. The van der Waals surface area contributed by atoms with Gasteiger partial charge in [-0.1, -0.05) is 64.1 Å². The molecule has 6 rings (SSSR count). The summed E-state index contributed by atoms with van der Waals surface area (Å²) in [5.41, 5.74) is 10.4. The molecule has 1 amide bonds. The number of nitrogens with one attached hydrogen (secondary N) is 2. The van der Waals surface area contributed by atoms with Crippen molar-refractivity contribution in [3.63, 3.8) is 0 Å². The summed E-state index contributed by atoms with van der Waals surface area (Å²) in [7, 11) is 0. The second kappa shape index (κ2) is 10.8. The average molecular weight is 574 g/mol. The van der Waals surface area contributed by atoms with Gasteiger partial charge in [-0.25, -0.2) is 0 Å². The van der Waals surface area contributed by atoms with Crippen molar-refractivity contribution in [2.24, 2.45) is 0 Å². The van der Waals surface area contributed by atoms with Gasteiger partial charge in [0.2, 0.25) is 0 Å². The van der Waals surface area contributed by atoms with Gasteiger partial charge in [0.05, 0.1) is 5.69 Å². The molecular weight excluding hydrogens is 530 g/mol. The Hall–Kier alpha value is -4.25. The lowest BCUT2D eigenvalue weighted by molar-refractivity contribution is 0.0985. The molecule has 0 aromatic heterocycles. The van der Waals surface area contributed by atoms with E-state index in [1.54, 1.807) is 0 Å². The molecule has 0 saturated heterocycles. The number of hydrogen-bond acceptors (Lipinski definition) is 4. The summed E-state index contributed by atoms with van der Waals surface area (Å²) in [6.07, 6.45) is 0. The number of benzene rings is 4. The first kappa shape index (κ1) is 28.9. The SMILES string of the molecule is CCNc1cc2c(cc1C)C1(c3cc(C)c(NCC)cc3O2)c2ccccc2C(=O)N1c1c(C(C)C)cccc1C(C)C. The maximum absolute atomic E-state index is 15.0. The largest absolute Gasteiger partial charge is 0.456 e. The fourth-order valence-corrected chi connectivity index (χ4v) is 7.08. The molecule has 5 heteroatoms. The van der Waals surface area contributed by atoms with Crippen LogP contribution in [-0.4, -0.2) is 19.0 Å². The van der Waals surface area contributed by atoms with E-state index in [1.165, 1.54) is 11.1 Å². The van der Waals surface area contributed by atoms with E-state index in [-0.39, 0.29) is 17.7 Å². The molecule has 1 spiro atoms. The minimum atomic E-state index is -0.920. The zero-order chi connectivity index (χ0) is 30.6. The molecule has 4 aromatic carbocycles. The molecular formula is C38H43N3O2. The third kappa shape index (κ3) is 4.23. The monoisotopic (exact) mass is 573 g/mol.